The van der Waals surface area contributed by atoms with E-state index in [4.69, 9.17) is 32.7 Å². The van der Waals surface area contributed by atoms with E-state index in [0.29, 0.717) is 23.0 Å². The minimum absolute atomic E-state index is 0.158. The fourth-order valence-electron chi connectivity index (χ4n) is 3.37. The largest absolute Gasteiger partial charge is 0.486 e. The van der Waals surface area contributed by atoms with Gasteiger partial charge in [-0.15, -0.1) is 0 Å². The minimum Gasteiger partial charge on any atom is -0.486 e. The maximum atomic E-state index is 12.0. The molecule has 1 atom stereocenters. The molecule has 1 N–H and O–H groups in total. The van der Waals surface area contributed by atoms with Crippen molar-refractivity contribution in [3.8, 4) is 16.9 Å². The number of nitrogens with one attached hydrogen (secondary N) is 1. The van der Waals surface area contributed by atoms with Crippen LogP contribution >= 0.6 is 23.2 Å². The summed E-state index contributed by atoms with van der Waals surface area (Å²) in [7, 11) is 0. The summed E-state index contributed by atoms with van der Waals surface area (Å²) < 4.78 is 11.4. The highest BCUT2D eigenvalue weighted by atomic mass is 35.5. The van der Waals surface area contributed by atoms with E-state index in [2.05, 4.69) is 5.32 Å². The first-order valence-corrected chi connectivity index (χ1v) is 10.0. The maximum absolute atomic E-state index is 12.0. The Morgan fingerprint density at radius 2 is 1.72 bits per heavy atom. The van der Waals surface area contributed by atoms with Crippen molar-refractivity contribution in [3.05, 3.63) is 87.9 Å². The van der Waals surface area contributed by atoms with E-state index in [1.165, 1.54) is 0 Å². The van der Waals surface area contributed by atoms with E-state index in [9.17, 15) is 4.79 Å². The van der Waals surface area contributed by atoms with Gasteiger partial charge in [-0.3, -0.25) is 0 Å². The van der Waals surface area contributed by atoms with Crippen LogP contribution in [0.1, 0.15) is 11.1 Å². The van der Waals surface area contributed by atoms with Crippen LogP contribution in [0.3, 0.4) is 0 Å². The van der Waals surface area contributed by atoms with Crippen LogP contribution in [-0.2, 0) is 17.7 Å². The van der Waals surface area contributed by atoms with Gasteiger partial charge in [0.05, 0.1) is 10.0 Å². The number of hydrogen-bond donors (Lipinski definition) is 1. The Hall–Kier alpha value is -2.69. The van der Waals surface area contributed by atoms with Gasteiger partial charge in [-0.2, -0.15) is 0 Å². The highest BCUT2D eigenvalue weighted by Crippen LogP contribution is 2.44. The standard InChI is InChI=1S/C23H19Cl2NO3/c24-19-10-5-11-20(25)21(19)18-9-4-8-16-12-17(29-22(16)18)14-28-23(27)26-13-15-6-2-1-3-7-15/h1-11,17H,12-14H2,(H,26,27). The molecule has 1 amide bonds. The molecule has 1 unspecified atom stereocenters. The van der Waals surface area contributed by atoms with Gasteiger partial charge in [0.25, 0.3) is 0 Å². The molecule has 0 saturated heterocycles. The van der Waals surface area contributed by atoms with E-state index < -0.39 is 6.09 Å². The molecule has 0 aromatic heterocycles. The molecule has 0 radical (unpaired) electrons. The number of para-hydroxylation sites is 1. The lowest BCUT2D eigenvalue weighted by Gasteiger charge is -2.14. The molecule has 6 heteroatoms. The summed E-state index contributed by atoms with van der Waals surface area (Å²) in [6.07, 6.45) is -0.0744. The van der Waals surface area contributed by atoms with Crippen LogP contribution in [0.2, 0.25) is 10.0 Å². The topological polar surface area (TPSA) is 47.6 Å². The predicted molar refractivity (Wildman–Crippen MR) is 115 cm³/mol. The fourth-order valence-corrected chi connectivity index (χ4v) is 3.97. The van der Waals surface area contributed by atoms with Gasteiger partial charge in [0.15, 0.2) is 0 Å². The Morgan fingerprint density at radius 3 is 2.48 bits per heavy atom. The molecule has 0 saturated carbocycles. The molecule has 148 valence electrons. The first-order chi connectivity index (χ1) is 14.1. The lowest BCUT2D eigenvalue weighted by atomic mass is 10.0. The second-order valence-electron chi connectivity index (χ2n) is 6.77. The molecule has 4 rings (SSSR count). The Morgan fingerprint density at radius 1 is 1.00 bits per heavy atom. The molecule has 3 aromatic carbocycles. The third-order valence-electron chi connectivity index (χ3n) is 4.74. The summed E-state index contributed by atoms with van der Waals surface area (Å²) in [4.78, 5) is 12.0. The Labute approximate surface area is 179 Å². The highest BCUT2D eigenvalue weighted by Gasteiger charge is 2.28. The van der Waals surface area contributed by atoms with Gasteiger partial charge in [0, 0.05) is 24.1 Å². The van der Waals surface area contributed by atoms with Crippen LogP contribution < -0.4 is 10.1 Å². The molecule has 1 aliphatic rings. The predicted octanol–water partition coefficient (Wildman–Crippen LogP) is 5.89. The molecule has 1 aliphatic heterocycles. The zero-order valence-corrected chi connectivity index (χ0v) is 17.0. The highest BCUT2D eigenvalue weighted by molar-refractivity contribution is 6.39. The molecular weight excluding hydrogens is 409 g/mol. The third kappa shape index (κ3) is 4.50. The molecule has 4 nitrogen and oxygen atoms in total. The summed E-state index contributed by atoms with van der Waals surface area (Å²) in [5.41, 5.74) is 3.64. The third-order valence-corrected chi connectivity index (χ3v) is 5.37. The van der Waals surface area contributed by atoms with Crippen molar-refractivity contribution >= 4 is 29.3 Å². The minimum atomic E-state index is -0.470. The van der Waals surface area contributed by atoms with Crippen LogP contribution in [0.25, 0.3) is 11.1 Å². The molecular formula is C23H19Cl2NO3. The van der Waals surface area contributed by atoms with Gasteiger partial charge in [0.1, 0.15) is 18.5 Å². The first kappa shape index (κ1) is 19.6. The molecule has 3 aromatic rings. The van der Waals surface area contributed by atoms with Crippen molar-refractivity contribution < 1.29 is 14.3 Å². The smallest absolute Gasteiger partial charge is 0.407 e. The van der Waals surface area contributed by atoms with Crippen LogP contribution in [0.4, 0.5) is 4.79 Å². The summed E-state index contributed by atoms with van der Waals surface area (Å²) in [6.45, 7) is 0.575. The number of amides is 1. The number of rotatable bonds is 5. The monoisotopic (exact) mass is 427 g/mol. The van der Waals surface area contributed by atoms with Crippen LogP contribution in [-0.4, -0.2) is 18.8 Å². The maximum Gasteiger partial charge on any atom is 0.407 e. The van der Waals surface area contributed by atoms with Crippen molar-refractivity contribution in [1.29, 1.82) is 0 Å². The van der Waals surface area contributed by atoms with Crippen molar-refractivity contribution in [2.24, 2.45) is 0 Å². The van der Waals surface area contributed by atoms with E-state index >= 15 is 0 Å². The zero-order valence-electron chi connectivity index (χ0n) is 15.5. The van der Waals surface area contributed by atoms with Gasteiger partial charge in [-0.25, -0.2) is 4.79 Å². The number of carbonyl (C=O) groups excluding carboxylic acids is 1. The van der Waals surface area contributed by atoms with Gasteiger partial charge < -0.3 is 14.8 Å². The molecule has 1 heterocycles. The number of ether oxygens (including phenoxy) is 2. The van der Waals surface area contributed by atoms with E-state index in [0.717, 1.165) is 28.0 Å². The quantitative estimate of drug-likeness (QED) is 0.551. The SMILES string of the molecule is O=C(NCc1ccccc1)OCC1Cc2cccc(-c3c(Cl)cccc3Cl)c2O1. The number of fused-ring (bicyclic) bond motifs is 1. The summed E-state index contributed by atoms with van der Waals surface area (Å²) in [6, 6.07) is 21.0. The van der Waals surface area contributed by atoms with Gasteiger partial charge in [0.2, 0.25) is 0 Å². The lowest BCUT2D eigenvalue weighted by molar-refractivity contribution is 0.0924. The Balaban J connectivity index is 1.39. The van der Waals surface area contributed by atoms with Crippen molar-refractivity contribution in [2.75, 3.05) is 6.61 Å². The van der Waals surface area contributed by atoms with Gasteiger partial charge >= 0.3 is 6.09 Å². The van der Waals surface area contributed by atoms with Crippen molar-refractivity contribution in [2.45, 2.75) is 19.1 Å². The summed E-state index contributed by atoms with van der Waals surface area (Å²) in [5, 5.41) is 3.87. The van der Waals surface area contributed by atoms with Crippen molar-refractivity contribution in [3.63, 3.8) is 0 Å². The Kier molecular flexibility index (Phi) is 5.93. The van der Waals surface area contributed by atoms with Crippen LogP contribution in [0.15, 0.2) is 66.7 Å². The molecule has 0 fully saturated rings. The molecule has 0 aliphatic carbocycles. The molecule has 29 heavy (non-hydrogen) atoms. The Bertz CT molecular complexity index is 1000. The van der Waals surface area contributed by atoms with Crippen molar-refractivity contribution in [1.82, 2.24) is 5.32 Å². The van der Waals surface area contributed by atoms with Gasteiger partial charge in [-0.05, 0) is 23.3 Å². The second-order valence-corrected chi connectivity index (χ2v) is 7.59. The fraction of sp³-hybridized carbons (Fsp3) is 0.174. The molecule has 0 spiro atoms. The van der Waals surface area contributed by atoms with E-state index in [1.54, 1.807) is 12.1 Å². The second kappa shape index (κ2) is 8.76. The average molecular weight is 428 g/mol. The van der Waals surface area contributed by atoms with Gasteiger partial charge in [-0.1, -0.05) is 77.8 Å². The van der Waals surface area contributed by atoms with Crippen LogP contribution in [0, 0.1) is 0 Å². The lowest BCUT2D eigenvalue weighted by Crippen LogP contribution is -2.29. The summed E-state index contributed by atoms with van der Waals surface area (Å²) >= 11 is 12.7. The zero-order chi connectivity index (χ0) is 20.2. The number of alkyl carbamates (subject to hydrolysis) is 1. The van der Waals surface area contributed by atoms with E-state index in [-0.39, 0.29) is 12.7 Å². The summed E-state index contributed by atoms with van der Waals surface area (Å²) in [5.74, 6) is 0.737. The van der Waals surface area contributed by atoms with E-state index in [1.807, 2.05) is 54.6 Å². The number of halogens is 2. The normalized spacial score (nSPS) is 14.8. The number of carbonyl (C=O) groups is 1. The molecule has 0 bridgehead atoms. The first-order valence-electron chi connectivity index (χ1n) is 9.29. The van der Waals surface area contributed by atoms with Crippen LogP contribution in [0.5, 0.6) is 5.75 Å². The number of hydrogen-bond acceptors (Lipinski definition) is 3. The average Bonchev–Trinajstić information content (AvgIpc) is 3.15. The number of benzene rings is 3.